The Kier molecular flexibility index (Phi) is 5.53. The van der Waals surface area contributed by atoms with Crippen LogP contribution in [-0.4, -0.2) is 22.9 Å². The molecule has 2 aromatic rings. The molecule has 0 heterocycles. The summed E-state index contributed by atoms with van der Waals surface area (Å²) in [5.41, 5.74) is -1.15. The van der Waals surface area contributed by atoms with Gasteiger partial charge in [0.1, 0.15) is 11.6 Å². The van der Waals surface area contributed by atoms with Gasteiger partial charge in [0.2, 0.25) is 5.91 Å². The van der Waals surface area contributed by atoms with Gasteiger partial charge in [-0.2, -0.15) is 13.2 Å². The van der Waals surface area contributed by atoms with Crippen LogP contribution in [0.25, 0.3) is 0 Å². The first kappa shape index (κ1) is 18.6. The van der Waals surface area contributed by atoms with Crippen molar-refractivity contribution < 1.29 is 32.6 Å². The van der Waals surface area contributed by atoms with E-state index < -0.39 is 29.5 Å². The Morgan fingerprint density at radius 2 is 1.76 bits per heavy atom. The highest BCUT2D eigenvalue weighted by molar-refractivity contribution is 6.29. The van der Waals surface area contributed by atoms with Crippen LogP contribution < -0.4 is 10.1 Å². The minimum atomic E-state index is -4.60. The van der Waals surface area contributed by atoms with Gasteiger partial charge in [0.05, 0.1) is 16.8 Å². The van der Waals surface area contributed by atoms with Crippen molar-refractivity contribution in [1.29, 1.82) is 0 Å². The minimum absolute atomic E-state index is 0.0236. The van der Waals surface area contributed by atoms with Crippen LogP contribution >= 0.6 is 11.6 Å². The molecule has 0 saturated heterocycles. The summed E-state index contributed by atoms with van der Waals surface area (Å²) in [6.07, 6.45) is -4.60. The molecule has 0 aromatic heterocycles. The summed E-state index contributed by atoms with van der Waals surface area (Å²) in [5, 5.41) is 11.1. The molecule has 0 aliphatic rings. The zero-order chi connectivity index (χ0) is 18.6. The maximum Gasteiger partial charge on any atom is 0.416 e. The van der Waals surface area contributed by atoms with Gasteiger partial charge < -0.3 is 15.2 Å². The molecule has 0 fully saturated rings. The summed E-state index contributed by atoms with van der Waals surface area (Å²) in [6.45, 7) is 0. The largest absolute Gasteiger partial charge is 0.478 e. The summed E-state index contributed by atoms with van der Waals surface area (Å²) in [4.78, 5) is 22.2. The quantitative estimate of drug-likeness (QED) is 0.763. The van der Waals surface area contributed by atoms with Crippen molar-refractivity contribution in [2.75, 3.05) is 11.2 Å². The number of hydrogen-bond donors (Lipinski definition) is 2. The third kappa shape index (κ3) is 4.87. The van der Waals surface area contributed by atoms with E-state index in [1.54, 1.807) is 0 Å². The van der Waals surface area contributed by atoms with Crippen LogP contribution in [0.2, 0.25) is 0 Å². The second kappa shape index (κ2) is 7.43. The molecule has 2 N–H and O–H groups in total. The SMILES string of the molecule is O=C(CCl)Nc1cc(C(F)(F)F)ccc1Oc1ccc(C(=O)O)cc1. The number of anilines is 1. The fraction of sp³-hybridized carbons (Fsp3) is 0.125. The number of carboxylic acids is 1. The molecule has 0 aliphatic heterocycles. The number of hydrogen-bond acceptors (Lipinski definition) is 3. The number of ether oxygens (including phenoxy) is 1. The summed E-state index contributed by atoms with van der Waals surface area (Å²) in [5.74, 6) is -2.13. The van der Waals surface area contributed by atoms with E-state index in [0.717, 1.165) is 18.2 Å². The predicted molar refractivity (Wildman–Crippen MR) is 84.3 cm³/mol. The van der Waals surface area contributed by atoms with Crippen molar-refractivity contribution >= 4 is 29.2 Å². The third-order valence-electron chi connectivity index (χ3n) is 3.03. The van der Waals surface area contributed by atoms with E-state index in [4.69, 9.17) is 21.4 Å². The molecule has 0 atom stereocenters. The average Bonchev–Trinajstić information content (AvgIpc) is 2.55. The predicted octanol–water partition coefficient (Wildman–Crippen LogP) is 4.37. The van der Waals surface area contributed by atoms with Gasteiger partial charge in [-0.1, -0.05) is 0 Å². The third-order valence-corrected chi connectivity index (χ3v) is 3.27. The van der Waals surface area contributed by atoms with E-state index in [1.807, 2.05) is 0 Å². The van der Waals surface area contributed by atoms with Gasteiger partial charge in [0.25, 0.3) is 0 Å². The number of rotatable bonds is 5. The van der Waals surface area contributed by atoms with E-state index >= 15 is 0 Å². The number of carboxylic acid groups (broad SMARTS) is 1. The van der Waals surface area contributed by atoms with Crippen molar-refractivity contribution in [2.24, 2.45) is 0 Å². The average molecular weight is 374 g/mol. The van der Waals surface area contributed by atoms with E-state index in [0.29, 0.717) is 0 Å². The number of carbonyl (C=O) groups excluding carboxylic acids is 1. The van der Waals surface area contributed by atoms with Crippen molar-refractivity contribution in [2.45, 2.75) is 6.18 Å². The first-order valence-corrected chi connectivity index (χ1v) is 7.32. The van der Waals surface area contributed by atoms with Crippen molar-refractivity contribution in [3.63, 3.8) is 0 Å². The molecule has 0 saturated carbocycles. The Morgan fingerprint density at radius 3 is 2.28 bits per heavy atom. The second-order valence-electron chi connectivity index (χ2n) is 4.82. The lowest BCUT2D eigenvalue weighted by atomic mass is 10.1. The van der Waals surface area contributed by atoms with Crippen molar-refractivity contribution in [3.8, 4) is 11.5 Å². The van der Waals surface area contributed by atoms with E-state index in [-0.39, 0.29) is 22.7 Å². The molecule has 0 radical (unpaired) electrons. The fourth-order valence-corrected chi connectivity index (χ4v) is 1.94. The molecule has 132 valence electrons. The van der Waals surface area contributed by atoms with Gasteiger partial charge in [-0.3, -0.25) is 4.79 Å². The first-order valence-electron chi connectivity index (χ1n) is 6.79. The highest BCUT2D eigenvalue weighted by Gasteiger charge is 2.31. The Labute approximate surface area is 145 Å². The Hall–Kier alpha value is -2.74. The van der Waals surface area contributed by atoms with Gasteiger partial charge >= 0.3 is 12.1 Å². The van der Waals surface area contributed by atoms with Gasteiger partial charge in [0.15, 0.2) is 5.75 Å². The number of carbonyl (C=O) groups is 2. The summed E-state index contributed by atoms with van der Waals surface area (Å²) in [6, 6.07) is 7.82. The summed E-state index contributed by atoms with van der Waals surface area (Å²) < 4.78 is 43.9. The molecule has 2 rings (SSSR count). The second-order valence-corrected chi connectivity index (χ2v) is 5.09. The molecule has 0 spiro atoms. The molecule has 25 heavy (non-hydrogen) atoms. The van der Waals surface area contributed by atoms with E-state index in [1.165, 1.54) is 24.3 Å². The molecule has 5 nitrogen and oxygen atoms in total. The van der Waals surface area contributed by atoms with Gasteiger partial charge in [-0.05, 0) is 42.5 Å². The Balaban J connectivity index is 2.34. The highest BCUT2D eigenvalue weighted by atomic mass is 35.5. The molecular weight excluding hydrogens is 363 g/mol. The monoisotopic (exact) mass is 373 g/mol. The van der Waals surface area contributed by atoms with Crippen LogP contribution in [0.4, 0.5) is 18.9 Å². The minimum Gasteiger partial charge on any atom is -0.478 e. The zero-order valence-electron chi connectivity index (χ0n) is 12.4. The lowest BCUT2D eigenvalue weighted by molar-refractivity contribution is -0.137. The maximum absolute atomic E-state index is 12.8. The molecule has 1 amide bonds. The number of benzene rings is 2. The van der Waals surface area contributed by atoms with Crippen molar-refractivity contribution in [3.05, 3.63) is 53.6 Å². The van der Waals surface area contributed by atoms with Gasteiger partial charge in [-0.15, -0.1) is 11.6 Å². The Morgan fingerprint density at radius 1 is 1.12 bits per heavy atom. The smallest absolute Gasteiger partial charge is 0.416 e. The van der Waals surface area contributed by atoms with Crippen LogP contribution in [-0.2, 0) is 11.0 Å². The molecule has 9 heteroatoms. The molecular formula is C16H11ClF3NO4. The summed E-state index contributed by atoms with van der Waals surface area (Å²) in [7, 11) is 0. The van der Waals surface area contributed by atoms with Crippen LogP contribution in [0, 0.1) is 0 Å². The van der Waals surface area contributed by atoms with Crippen LogP contribution in [0.1, 0.15) is 15.9 Å². The number of nitrogens with one attached hydrogen (secondary N) is 1. The first-order chi connectivity index (χ1) is 11.7. The fourth-order valence-electron chi connectivity index (χ4n) is 1.87. The Bertz CT molecular complexity index is 791. The number of amides is 1. The number of halogens is 4. The van der Waals surface area contributed by atoms with Crippen LogP contribution in [0.15, 0.2) is 42.5 Å². The lowest BCUT2D eigenvalue weighted by Gasteiger charge is -2.15. The standard InChI is InChI=1S/C16H11ClF3NO4/c17-8-14(22)21-12-7-10(16(18,19)20)3-6-13(12)25-11-4-1-9(2-5-11)15(23)24/h1-7H,8H2,(H,21,22)(H,23,24). The summed E-state index contributed by atoms with van der Waals surface area (Å²) >= 11 is 5.36. The topological polar surface area (TPSA) is 75.6 Å². The van der Waals surface area contributed by atoms with E-state index in [2.05, 4.69) is 5.32 Å². The van der Waals surface area contributed by atoms with Gasteiger partial charge in [0, 0.05) is 0 Å². The number of alkyl halides is 4. The molecule has 0 aliphatic carbocycles. The lowest BCUT2D eigenvalue weighted by Crippen LogP contribution is -2.14. The van der Waals surface area contributed by atoms with Crippen molar-refractivity contribution in [1.82, 2.24) is 0 Å². The number of aromatic carboxylic acids is 1. The van der Waals surface area contributed by atoms with E-state index in [9.17, 15) is 22.8 Å². The highest BCUT2D eigenvalue weighted by Crippen LogP contribution is 2.36. The molecule has 0 unspecified atom stereocenters. The van der Waals surface area contributed by atoms with Gasteiger partial charge in [-0.25, -0.2) is 4.79 Å². The van der Waals surface area contributed by atoms with Crippen LogP contribution in [0.5, 0.6) is 11.5 Å². The normalized spacial score (nSPS) is 11.0. The van der Waals surface area contributed by atoms with Crippen LogP contribution in [0.3, 0.4) is 0 Å². The maximum atomic E-state index is 12.8. The molecule has 2 aromatic carbocycles. The molecule has 0 bridgehead atoms. The zero-order valence-corrected chi connectivity index (χ0v) is 13.2.